The maximum absolute atomic E-state index is 13.9. The third-order valence-corrected chi connectivity index (χ3v) is 8.42. The number of hydrogen-bond acceptors (Lipinski definition) is 6. The first-order chi connectivity index (χ1) is 18.6. The van der Waals surface area contributed by atoms with E-state index >= 15 is 0 Å². The van der Waals surface area contributed by atoms with Crippen molar-refractivity contribution in [2.45, 2.75) is 62.3 Å². The lowest BCUT2D eigenvalue weighted by Gasteiger charge is -2.23. The Hall–Kier alpha value is -3.92. The van der Waals surface area contributed by atoms with Crippen LogP contribution in [-0.4, -0.2) is 28.1 Å². The van der Waals surface area contributed by atoms with Crippen molar-refractivity contribution in [1.29, 1.82) is 0 Å². The number of pyridine rings is 1. The zero-order valence-corrected chi connectivity index (χ0v) is 22.7. The molecule has 0 fully saturated rings. The molecule has 2 aromatic heterocycles. The molecule has 10 heteroatoms. The van der Waals surface area contributed by atoms with Crippen molar-refractivity contribution < 1.29 is 22.3 Å². The summed E-state index contributed by atoms with van der Waals surface area (Å²) in [4.78, 5) is 20.8. The van der Waals surface area contributed by atoms with Crippen LogP contribution in [0.5, 0.6) is 5.88 Å². The van der Waals surface area contributed by atoms with E-state index < -0.39 is 44.0 Å². The Bertz CT molecular complexity index is 1650. The Morgan fingerprint density at radius 1 is 0.949 bits per heavy atom. The average Bonchev–Trinajstić information content (AvgIpc) is 2.90. The minimum Gasteiger partial charge on any atom is -0.492 e. The fourth-order valence-corrected chi connectivity index (χ4v) is 5.98. The van der Waals surface area contributed by atoms with Crippen LogP contribution in [0, 0.1) is 18.7 Å². The van der Waals surface area contributed by atoms with E-state index in [0.29, 0.717) is 41.6 Å². The molecule has 0 aliphatic heterocycles. The first-order valence-corrected chi connectivity index (χ1v) is 14.1. The van der Waals surface area contributed by atoms with Crippen LogP contribution >= 0.6 is 0 Å². The number of aryl methyl sites for hydroxylation is 2. The summed E-state index contributed by atoms with van der Waals surface area (Å²) >= 11 is 0. The van der Waals surface area contributed by atoms with Crippen LogP contribution in [0.4, 0.5) is 8.78 Å². The zero-order valence-electron chi connectivity index (χ0n) is 21.9. The number of nitrogens with zero attached hydrogens (tertiary/aromatic N) is 3. The van der Waals surface area contributed by atoms with Gasteiger partial charge in [0.05, 0.1) is 10.9 Å². The maximum Gasteiger partial charge on any atom is 0.277 e. The van der Waals surface area contributed by atoms with Crippen LogP contribution in [0.25, 0.3) is 11.1 Å². The van der Waals surface area contributed by atoms with E-state index in [2.05, 4.69) is 9.97 Å². The molecular formula is C29H29F2N3O4S. The highest BCUT2D eigenvalue weighted by Crippen LogP contribution is 2.30. The number of hydrogen-bond donors (Lipinski definition) is 1. The third kappa shape index (κ3) is 5.61. The molecule has 7 nitrogen and oxygen atoms in total. The van der Waals surface area contributed by atoms with Crippen molar-refractivity contribution in [2.75, 3.05) is 0 Å². The molecule has 0 radical (unpaired) electrons. The molecule has 1 atom stereocenters. The van der Waals surface area contributed by atoms with Gasteiger partial charge in [0, 0.05) is 17.7 Å². The Balaban J connectivity index is 1.85. The molecule has 39 heavy (non-hydrogen) atoms. The minimum absolute atomic E-state index is 0.212. The van der Waals surface area contributed by atoms with Gasteiger partial charge < -0.3 is 5.11 Å². The van der Waals surface area contributed by atoms with Crippen molar-refractivity contribution in [3.05, 3.63) is 99.9 Å². The summed E-state index contributed by atoms with van der Waals surface area (Å²) < 4.78 is 55.7. The second-order valence-electron chi connectivity index (χ2n) is 9.23. The Morgan fingerprint density at radius 3 is 2.21 bits per heavy atom. The molecule has 0 amide bonds. The second kappa shape index (κ2) is 11.4. The van der Waals surface area contributed by atoms with E-state index in [-0.39, 0.29) is 10.7 Å². The predicted molar refractivity (Wildman–Crippen MR) is 143 cm³/mol. The Labute approximate surface area is 225 Å². The van der Waals surface area contributed by atoms with Crippen LogP contribution in [0.3, 0.4) is 0 Å². The van der Waals surface area contributed by atoms with E-state index in [0.717, 1.165) is 6.42 Å². The van der Waals surface area contributed by atoms with E-state index in [9.17, 15) is 27.1 Å². The molecule has 0 bridgehead atoms. The number of benzene rings is 2. The quantitative estimate of drug-likeness (QED) is 0.264. The lowest BCUT2D eigenvalue weighted by atomic mass is 10.0. The summed E-state index contributed by atoms with van der Waals surface area (Å²) in [5.41, 5.74) is 1.38. The Morgan fingerprint density at radius 2 is 1.62 bits per heavy atom. The fraction of sp³-hybridized carbons (Fsp3) is 0.276. The standard InChI is InChI=1S/C29H29F2N3O4S/c1-4-6-7-26-33-28(35)27(29(36)34(26)24(5-2)20-8-12-21(30)13-9-20)39(37,38)22-14-10-19(11-15-22)23-16-17-25(31)32-18(23)3/h8-17,24,35H,4-7H2,1-3H3/t24-/m0/s1. The molecule has 2 heterocycles. The highest BCUT2D eigenvalue weighted by atomic mass is 32.2. The van der Waals surface area contributed by atoms with Gasteiger partial charge in [-0.05, 0) is 67.3 Å². The second-order valence-corrected chi connectivity index (χ2v) is 11.1. The number of aromatic hydroxyl groups is 1. The molecule has 0 saturated heterocycles. The molecule has 4 aromatic rings. The van der Waals surface area contributed by atoms with E-state index in [1.54, 1.807) is 25.1 Å². The van der Waals surface area contributed by atoms with Gasteiger partial charge in [0.1, 0.15) is 11.6 Å². The summed E-state index contributed by atoms with van der Waals surface area (Å²) in [5, 5.41) is 10.8. The van der Waals surface area contributed by atoms with Gasteiger partial charge in [-0.1, -0.05) is 44.5 Å². The van der Waals surface area contributed by atoms with Crippen LogP contribution in [0.1, 0.15) is 56.2 Å². The highest BCUT2D eigenvalue weighted by Gasteiger charge is 2.31. The normalized spacial score (nSPS) is 12.4. The number of halogens is 2. The van der Waals surface area contributed by atoms with Crippen molar-refractivity contribution in [3.8, 4) is 17.0 Å². The van der Waals surface area contributed by atoms with Crippen molar-refractivity contribution in [2.24, 2.45) is 0 Å². The van der Waals surface area contributed by atoms with Crippen molar-refractivity contribution in [3.63, 3.8) is 0 Å². The molecule has 0 aliphatic rings. The summed E-state index contributed by atoms with van der Waals surface area (Å²) in [7, 11) is -4.49. The lowest BCUT2D eigenvalue weighted by Crippen LogP contribution is -2.33. The zero-order chi connectivity index (χ0) is 28.3. The van der Waals surface area contributed by atoms with E-state index in [1.165, 1.54) is 47.0 Å². The predicted octanol–water partition coefficient (Wildman–Crippen LogP) is 5.77. The smallest absolute Gasteiger partial charge is 0.277 e. The third-order valence-electron chi connectivity index (χ3n) is 6.63. The maximum atomic E-state index is 13.9. The first-order valence-electron chi connectivity index (χ1n) is 12.7. The van der Waals surface area contributed by atoms with E-state index in [1.807, 2.05) is 13.8 Å². The number of aromatic nitrogens is 3. The molecule has 2 aromatic carbocycles. The largest absolute Gasteiger partial charge is 0.492 e. The average molecular weight is 554 g/mol. The van der Waals surface area contributed by atoms with Crippen LogP contribution in [0.2, 0.25) is 0 Å². The topological polar surface area (TPSA) is 102 Å². The van der Waals surface area contributed by atoms with Gasteiger partial charge in [-0.25, -0.2) is 17.8 Å². The monoisotopic (exact) mass is 553 g/mol. The molecular weight excluding hydrogens is 524 g/mol. The SMILES string of the molecule is CCCCc1nc(O)c(S(=O)(=O)c2ccc(-c3ccc(F)nc3C)cc2)c(=O)n1[C@@H](CC)c1ccc(F)cc1. The van der Waals surface area contributed by atoms with Gasteiger partial charge >= 0.3 is 0 Å². The number of rotatable bonds is 9. The first kappa shape index (κ1) is 28.1. The van der Waals surface area contributed by atoms with Gasteiger partial charge in [0.15, 0.2) is 4.90 Å². The van der Waals surface area contributed by atoms with Gasteiger partial charge in [0.2, 0.25) is 21.7 Å². The molecule has 0 saturated carbocycles. The molecule has 0 aliphatic carbocycles. The van der Waals surface area contributed by atoms with Gasteiger partial charge in [-0.15, -0.1) is 0 Å². The summed E-state index contributed by atoms with van der Waals surface area (Å²) in [5.74, 6) is -1.67. The van der Waals surface area contributed by atoms with Crippen LogP contribution < -0.4 is 5.56 Å². The van der Waals surface area contributed by atoms with Crippen LogP contribution in [-0.2, 0) is 16.3 Å². The van der Waals surface area contributed by atoms with Crippen molar-refractivity contribution >= 4 is 9.84 Å². The fourth-order valence-electron chi connectivity index (χ4n) is 4.64. The van der Waals surface area contributed by atoms with E-state index in [4.69, 9.17) is 0 Å². The van der Waals surface area contributed by atoms with Gasteiger partial charge in [0.25, 0.3) is 5.56 Å². The molecule has 0 spiro atoms. The Kier molecular flexibility index (Phi) is 8.25. The molecule has 204 valence electrons. The van der Waals surface area contributed by atoms with Crippen molar-refractivity contribution in [1.82, 2.24) is 14.5 Å². The van der Waals surface area contributed by atoms with Crippen LogP contribution in [0.15, 0.2) is 75.2 Å². The molecule has 1 N–H and O–H groups in total. The highest BCUT2D eigenvalue weighted by molar-refractivity contribution is 7.91. The lowest BCUT2D eigenvalue weighted by molar-refractivity contribution is 0.406. The molecule has 0 unspecified atom stereocenters. The number of sulfone groups is 1. The molecule has 4 rings (SSSR count). The number of unbranched alkanes of at least 4 members (excludes halogenated alkanes) is 1. The van der Waals surface area contributed by atoms with Gasteiger partial charge in [-0.2, -0.15) is 9.37 Å². The summed E-state index contributed by atoms with van der Waals surface area (Å²) in [6.45, 7) is 5.43. The minimum atomic E-state index is -4.49. The summed E-state index contributed by atoms with van der Waals surface area (Å²) in [6.07, 6.45) is 2.20. The van der Waals surface area contributed by atoms with Gasteiger partial charge in [-0.3, -0.25) is 9.36 Å². The summed E-state index contributed by atoms with van der Waals surface area (Å²) in [6, 6.07) is 13.5.